The Balaban J connectivity index is 2.19. The molecule has 0 spiro atoms. The Morgan fingerprint density at radius 2 is 2.05 bits per heavy atom. The molecule has 1 saturated heterocycles. The predicted molar refractivity (Wildman–Crippen MR) is 76.7 cm³/mol. The Morgan fingerprint density at radius 1 is 1.42 bits per heavy atom. The summed E-state index contributed by atoms with van der Waals surface area (Å²) < 4.78 is 26.5. The number of nitrogens with one attached hydrogen (secondary N) is 1. The van der Waals surface area contributed by atoms with Crippen molar-refractivity contribution in [1.29, 1.82) is 0 Å². The maximum absolute atomic E-state index is 12.1. The van der Waals surface area contributed by atoms with E-state index in [4.69, 9.17) is 11.6 Å². The predicted octanol–water partition coefficient (Wildman–Crippen LogP) is 2.48. The SMILES string of the molecule is O=[N+]([O-])c1cc(S(=O)(=O)NC2CCSCC2)sc1Cl. The van der Waals surface area contributed by atoms with Crippen LogP contribution < -0.4 is 4.72 Å². The van der Waals surface area contributed by atoms with E-state index in [0.29, 0.717) is 11.3 Å². The lowest BCUT2D eigenvalue weighted by atomic mass is 10.2. The average Bonchev–Trinajstić information content (AvgIpc) is 2.73. The molecule has 1 aromatic heterocycles. The normalized spacial score (nSPS) is 17.5. The number of sulfonamides is 1. The third kappa shape index (κ3) is 3.60. The first kappa shape index (κ1) is 15.0. The van der Waals surface area contributed by atoms with Crippen LogP contribution in [0.2, 0.25) is 4.34 Å². The third-order valence-corrected chi connectivity index (χ3v) is 7.03. The van der Waals surface area contributed by atoms with Crippen LogP contribution in [0, 0.1) is 10.1 Å². The molecule has 1 N–H and O–H groups in total. The molecule has 0 aliphatic carbocycles. The molecule has 2 heterocycles. The second-order valence-electron chi connectivity index (χ2n) is 3.99. The van der Waals surface area contributed by atoms with Gasteiger partial charge in [-0.25, -0.2) is 13.1 Å². The summed E-state index contributed by atoms with van der Waals surface area (Å²) in [6, 6.07) is 0.901. The molecular formula is C9H11ClN2O4S3. The van der Waals surface area contributed by atoms with E-state index in [-0.39, 0.29) is 20.3 Å². The molecule has 0 atom stereocenters. The first-order valence-corrected chi connectivity index (χ1v) is 9.27. The lowest BCUT2D eigenvalue weighted by molar-refractivity contribution is -0.384. The van der Waals surface area contributed by atoms with Gasteiger partial charge in [-0.15, -0.1) is 11.3 Å². The smallest absolute Gasteiger partial charge is 0.258 e. The van der Waals surface area contributed by atoms with Crippen molar-refractivity contribution < 1.29 is 13.3 Å². The number of hydrogen-bond donors (Lipinski definition) is 1. The molecule has 0 unspecified atom stereocenters. The number of nitro groups is 1. The Kier molecular flexibility index (Phi) is 4.72. The number of hydrogen-bond acceptors (Lipinski definition) is 6. The van der Waals surface area contributed by atoms with Crippen molar-refractivity contribution in [3.05, 3.63) is 20.5 Å². The molecule has 0 saturated carbocycles. The van der Waals surface area contributed by atoms with Gasteiger partial charge in [-0.1, -0.05) is 11.6 Å². The van der Waals surface area contributed by atoms with Crippen molar-refractivity contribution in [3.63, 3.8) is 0 Å². The molecule has 1 aliphatic rings. The molecule has 19 heavy (non-hydrogen) atoms. The van der Waals surface area contributed by atoms with Crippen LogP contribution in [-0.2, 0) is 10.0 Å². The van der Waals surface area contributed by atoms with Gasteiger partial charge in [0.2, 0.25) is 0 Å². The van der Waals surface area contributed by atoms with Gasteiger partial charge in [0.05, 0.1) is 4.92 Å². The van der Waals surface area contributed by atoms with E-state index >= 15 is 0 Å². The number of rotatable bonds is 4. The number of thiophene rings is 1. The Hall–Kier alpha value is -0.350. The highest BCUT2D eigenvalue weighted by atomic mass is 35.5. The lowest BCUT2D eigenvalue weighted by Gasteiger charge is -2.21. The summed E-state index contributed by atoms with van der Waals surface area (Å²) in [6.07, 6.45) is 1.54. The van der Waals surface area contributed by atoms with E-state index in [1.165, 1.54) is 0 Å². The first-order valence-electron chi connectivity index (χ1n) is 5.44. The van der Waals surface area contributed by atoms with Crippen LogP contribution in [-0.4, -0.2) is 30.9 Å². The minimum absolute atomic E-state index is 0.105. The van der Waals surface area contributed by atoms with Crippen LogP contribution in [0.1, 0.15) is 12.8 Å². The van der Waals surface area contributed by atoms with E-state index in [1.807, 2.05) is 0 Å². The third-order valence-electron chi connectivity index (χ3n) is 2.65. The zero-order valence-electron chi connectivity index (χ0n) is 9.67. The van der Waals surface area contributed by atoms with Gasteiger partial charge < -0.3 is 0 Å². The monoisotopic (exact) mass is 342 g/mol. The molecule has 106 valence electrons. The van der Waals surface area contributed by atoms with Gasteiger partial charge in [0.25, 0.3) is 15.7 Å². The van der Waals surface area contributed by atoms with Gasteiger partial charge in [-0.05, 0) is 24.3 Å². The number of nitrogens with zero attached hydrogens (tertiary/aromatic N) is 1. The summed E-state index contributed by atoms with van der Waals surface area (Å²) in [5, 5.41) is 10.7. The number of halogens is 1. The van der Waals surface area contributed by atoms with Gasteiger partial charge in [-0.3, -0.25) is 10.1 Å². The zero-order chi connectivity index (χ0) is 14.0. The maximum atomic E-state index is 12.1. The Bertz CT molecular complexity index is 580. The van der Waals surface area contributed by atoms with Crippen LogP contribution in [0.25, 0.3) is 0 Å². The van der Waals surface area contributed by atoms with Crippen LogP contribution in [0.4, 0.5) is 5.69 Å². The van der Waals surface area contributed by atoms with E-state index in [0.717, 1.165) is 30.4 Å². The van der Waals surface area contributed by atoms with Gasteiger partial charge in [0, 0.05) is 12.1 Å². The molecule has 1 aliphatic heterocycles. The Labute approximate surface area is 123 Å². The summed E-state index contributed by atoms with van der Waals surface area (Å²) in [4.78, 5) is 9.98. The molecule has 0 bridgehead atoms. The summed E-state index contributed by atoms with van der Waals surface area (Å²) in [5.74, 6) is 1.83. The van der Waals surface area contributed by atoms with Crippen LogP contribution in [0.5, 0.6) is 0 Å². The zero-order valence-corrected chi connectivity index (χ0v) is 12.9. The van der Waals surface area contributed by atoms with Gasteiger partial charge in [-0.2, -0.15) is 11.8 Å². The quantitative estimate of drug-likeness (QED) is 0.670. The highest BCUT2D eigenvalue weighted by Gasteiger charge is 2.27. The fourth-order valence-electron chi connectivity index (χ4n) is 1.69. The van der Waals surface area contributed by atoms with Crippen molar-refractivity contribution in [3.8, 4) is 0 Å². The summed E-state index contributed by atoms with van der Waals surface area (Å²) in [7, 11) is -3.72. The fraction of sp³-hybridized carbons (Fsp3) is 0.556. The summed E-state index contributed by atoms with van der Waals surface area (Å²) >= 11 is 8.16. The first-order chi connectivity index (χ1) is 8.90. The van der Waals surface area contributed by atoms with Crippen molar-refractivity contribution >= 4 is 50.4 Å². The van der Waals surface area contributed by atoms with Gasteiger partial charge in [0.1, 0.15) is 4.21 Å². The highest BCUT2D eigenvalue weighted by Crippen LogP contribution is 2.36. The fourth-order valence-corrected chi connectivity index (χ4v) is 5.78. The Morgan fingerprint density at radius 3 is 2.58 bits per heavy atom. The van der Waals surface area contributed by atoms with E-state index in [2.05, 4.69) is 4.72 Å². The van der Waals surface area contributed by atoms with E-state index in [1.54, 1.807) is 11.8 Å². The average molecular weight is 343 g/mol. The molecule has 1 fully saturated rings. The molecule has 6 nitrogen and oxygen atoms in total. The van der Waals surface area contributed by atoms with Crippen molar-refractivity contribution in [2.24, 2.45) is 0 Å². The minimum atomic E-state index is -3.72. The molecule has 2 rings (SSSR count). The highest BCUT2D eigenvalue weighted by molar-refractivity contribution is 7.99. The molecule has 0 radical (unpaired) electrons. The summed E-state index contributed by atoms with van der Waals surface area (Å²) in [6.45, 7) is 0. The lowest BCUT2D eigenvalue weighted by Crippen LogP contribution is -2.36. The maximum Gasteiger partial charge on any atom is 0.300 e. The van der Waals surface area contributed by atoms with Gasteiger partial charge in [0.15, 0.2) is 4.34 Å². The minimum Gasteiger partial charge on any atom is -0.258 e. The topological polar surface area (TPSA) is 89.3 Å². The molecule has 0 aromatic carbocycles. The molecular weight excluding hydrogens is 332 g/mol. The largest absolute Gasteiger partial charge is 0.300 e. The molecule has 0 amide bonds. The van der Waals surface area contributed by atoms with Crippen molar-refractivity contribution in [2.45, 2.75) is 23.1 Å². The molecule has 10 heteroatoms. The number of thioether (sulfide) groups is 1. The van der Waals surface area contributed by atoms with Crippen molar-refractivity contribution in [1.82, 2.24) is 4.72 Å². The summed E-state index contributed by atoms with van der Waals surface area (Å²) in [5.41, 5.74) is -0.369. The van der Waals surface area contributed by atoms with Crippen LogP contribution in [0.3, 0.4) is 0 Å². The van der Waals surface area contributed by atoms with Crippen LogP contribution >= 0.6 is 34.7 Å². The van der Waals surface area contributed by atoms with Crippen LogP contribution in [0.15, 0.2) is 10.3 Å². The second-order valence-corrected chi connectivity index (χ2v) is 8.81. The standard InChI is InChI=1S/C9H11ClN2O4S3/c10-9-7(12(13)14)5-8(18-9)19(15,16)11-6-1-3-17-4-2-6/h5-6,11H,1-4H2. The van der Waals surface area contributed by atoms with E-state index < -0.39 is 14.9 Å². The van der Waals surface area contributed by atoms with E-state index in [9.17, 15) is 18.5 Å². The molecule has 1 aromatic rings. The van der Waals surface area contributed by atoms with Crippen molar-refractivity contribution in [2.75, 3.05) is 11.5 Å². The van der Waals surface area contributed by atoms with Gasteiger partial charge >= 0.3 is 0 Å². The second kappa shape index (κ2) is 5.96.